The number of amides is 1. The van der Waals surface area contributed by atoms with Gasteiger partial charge in [0.25, 0.3) is 5.67 Å². The second kappa shape index (κ2) is 21.8. The van der Waals surface area contributed by atoms with Crippen LogP contribution in [0.4, 0.5) is 10.2 Å². The standard InChI is InChI=1S/C48H71FN6O10S/c1-13-36-48(10,60)34-18-17-32(54-61-24-33-16-15-31(23-51-33)43-52-37(50)25-66-43)19-20-46(8,22-26(3)39(28(34)5)53-38(57)14-2)42(29(6)41(58)47(9,49)45(59)64-36)65-44-40(63-30(7)56)35(55(11)12)21-27(4)62-44/h15-16,23,25-29,34-36,40,42,44,60H,13-14,17-22,24,50H2,1-12H3/b53-39+,54-32?/t26-,27-,28-,29+,34-,35+,36-,40-,42-,44+,46-,47+,48+/m1/s1. The number of aliphatic hydroxyl groups is 1. The van der Waals surface area contributed by atoms with Crippen molar-refractivity contribution in [1.29, 1.82) is 0 Å². The average Bonchev–Trinajstić information content (AvgIpc) is 3.69. The predicted molar refractivity (Wildman–Crippen MR) is 249 cm³/mol. The molecule has 18 heteroatoms. The summed E-state index contributed by atoms with van der Waals surface area (Å²) >= 11 is 1.41. The van der Waals surface area contributed by atoms with Crippen molar-refractivity contribution in [2.45, 2.75) is 175 Å². The molecule has 66 heavy (non-hydrogen) atoms. The molecule has 4 heterocycles. The van der Waals surface area contributed by atoms with Crippen LogP contribution in [0.5, 0.6) is 0 Å². The largest absolute Gasteiger partial charge is 0.457 e. The summed E-state index contributed by atoms with van der Waals surface area (Å²) in [6.07, 6.45) is -1.16. The second-order valence-corrected chi connectivity index (χ2v) is 20.3. The van der Waals surface area contributed by atoms with Crippen molar-refractivity contribution in [2.24, 2.45) is 39.2 Å². The molecular weight excluding hydrogens is 872 g/mol. The van der Waals surface area contributed by atoms with Crippen molar-refractivity contribution in [2.75, 3.05) is 19.8 Å². The van der Waals surface area contributed by atoms with E-state index in [-0.39, 0.29) is 50.3 Å². The van der Waals surface area contributed by atoms with Gasteiger partial charge in [0.15, 0.2) is 24.8 Å². The van der Waals surface area contributed by atoms with Gasteiger partial charge in [-0.2, -0.15) is 0 Å². The number of ketones is 1. The quantitative estimate of drug-likeness (QED) is 0.136. The van der Waals surface area contributed by atoms with Crippen LogP contribution < -0.4 is 5.73 Å². The van der Waals surface area contributed by atoms with Gasteiger partial charge in [0, 0.05) is 48.0 Å². The molecule has 2 saturated heterocycles. The number of fused-ring (bicyclic) bond motifs is 5. The molecule has 2 aromatic rings. The van der Waals surface area contributed by atoms with Gasteiger partial charge in [-0.15, -0.1) is 11.3 Å². The van der Waals surface area contributed by atoms with Gasteiger partial charge in [-0.3, -0.25) is 19.4 Å². The Balaban J connectivity index is 1.69. The van der Waals surface area contributed by atoms with Crippen molar-refractivity contribution in [3.05, 3.63) is 29.4 Å². The summed E-state index contributed by atoms with van der Waals surface area (Å²) < 4.78 is 42.4. The van der Waals surface area contributed by atoms with E-state index in [4.69, 9.17) is 34.5 Å². The number of halogens is 1. The summed E-state index contributed by atoms with van der Waals surface area (Å²) in [4.78, 5) is 76.3. The minimum atomic E-state index is -3.16. The van der Waals surface area contributed by atoms with Gasteiger partial charge in [0.1, 0.15) is 22.5 Å². The molecule has 16 nitrogen and oxygen atoms in total. The lowest BCUT2D eigenvalue weighted by Crippen LogP contribution is -2.60. The Hall–Kier alpha value is -4.23. The number of aliphatic imine (C=N–C) groups is 1. The maximum atomic E-state index is 17.2. The molecule has 3 fully saturated rings. The number of nitrogens with zero attached hydrogens (tertiary/aromatic N) is 5. The van der Waals surface area contributed by atoms with Gasteiger partial charge in [-0.05, 0) is 109 Å². The number of nitrogens with two attached hydrogens (primary N) is 1. The first-order valence-electron chi connectivity index (χ1n) is 23.2. The number of esters is 2. The molecule has 1 aliphatic carbocycles. The van der Waals surface area contributed by atoms with Gasteiger partial charge < -0.3 is 39.5 Å². The number of likely N-dealkylation sites (N-methyl/N-ethyl adjacent to an activating group) is 1. The summed E-state index contributed by atoms with van der Waals surface area (Å²) in [5.41, 5.74) is 2.36. The lowest BCUT2D eigenvalue weighted by atomic mass is 9.65. The van der Waals surface area contributed by atoms with E-state index in [2.05, 4.69) is 15.1 Å². The Morgan fingerprint density at radius 1 is 1.09 bits per heavy atom. The van der Waals surface area contributed by atoms with Gasteiger partial charge in [-0.1, -0.05) is 46.7 Å². The number of oxime groups is 1. The van der Waals surface area contributed by atoms with Crippen molar-refractivity contribution in [3.8, 4) is 10.6 Å². The first-order chi connectivity index (χ1) is 30.9. The molecule has 0 radical (unpaired) electrons. The molecule has 1 amide bonds. The predicted octanol–water partition coefficient (Wildman–Crippen LogP) is 7.30. The van der Waals surface area contributed by atoms with Crippen LogP contribution in [0.25, 0.3) is 10.6 Å². The first-order valence-corrected chi connectivity index (χ1v) is 24.1. The number of rotatable bonds is 10. The zero-order valence-corrected chi connectivity index (χ0v) is 41.5. The fourth-order valence-corrected chi connectivity index (χ4v) is 11.0. The normalized spacial score (nSPS) is 36.3. The number of carbonyl (C=O) groups is 4. The number of hydrogen-bond acceptors (Lipinski definition) is 16. The van der Waals surface area contributed by atoms with E-state index in [9.17, 15) is 24.3 Å². The zero-order valence-electron chi connectivity index (χ0n) is 40.7. The number of hydrogen-bond donors (Lipinski definition) is 2. The number of aromatic nitrogens is 2. The number of ether oxygens (including phenoxy) is 4. The van der Waals surface area contributed by atoms with E-state index >= 15 is 4.39 Å². The summed E-state index contributed by atoms with van der Waals surface area (Å²) in [6.45, 7) is 16.4. The van der Waals surface area contributed by atoms with E-state index in [1.165, 1.54) is 25.2 Å². The Morgan fingerprint density at radius 2 is 1.80 bits per heavy atom. The van der Waals surface area contributed by atoms with Crippen LogP contribution >= 0.6 is 11.3 Å². The van der Waals surface area contributed by atoms with Crippen LogP contribution in [-0.4, -0.2) is 117 Å². The minimum Gasteiger partial charge on any atom is -0.457 e. The number of thiazole rings is 1. The van der Waals surface area contributed by atoms with Crippen molar-refractivity contribution in [1.82, 2.24) is 14.9 Å². The van der Waals surface area contributed by atoms with Gasteiger partial charge in [0.05, 0.1) is 29.7 Å². The summed E-state index contributed by atoms with van der Waals surface area (Å²) in [7, 11) is 3.72. The third kappa shape index (κ3) is 12.1. The van der Waals surface area contributed by atoms with Crippen molar-refractivity contribution < 1.29 is 52.5 Å². The third-order valence-corrected chi connectivity index (χ3v) is 14.8. The van der Waals surface area contributed by atoms with Gasteiger partial charge in [0.2, 0.25) is 5.91 Å². The Kier molecular flexibility index (Phi) is 17.4. The highest BCUT2D eigenvalue weighted by molar-refractivity contribution is 7.13. The molecule has 1 saturated carbocycles. The average molecular weight is 943 g/mol. The number of nitrogen functional groups attached to an aromatic ring is 1. The van der Waals surface area contributed by atoms with Gasteiger partial charge in [-0.25, -0.2) is 19.2 Å². The molecule has 2 aromatic heterocycles. The van der Waals surface area contributed by atoms with Gasteiger partial charge >= 0.3 is 11.9 Å². The van der Waals surface area contributed by atoms with Crippen LogP contribution in [0.3, 0.4) is 0 Å². The fourth-order valence-electron chi connectivity index (χ4n) is 10.3. The van der Waals surface area contributed by atoms with E-state index in [1.54, 1.807) is 32.3 Å². The highest BCUT2D eigenvalue weighted by Crippen LogP contribution is 2.47. The van der Waals surface area contributed by atoms with Crippen LogP contribution in [0.15, 0.2) is 33.9 Å². The van der Waals surface area contributed by atoms with Crippen LogP contribution in [0, 0.1) is 29.1 Å². The third-order valence-electron chi connectivity index (χ3n) is 13.9. The maximum Gasteiger partial charge on any atom is 0.351 e. The SMILES string of the molecule is CCC(=O)/N=C1\[C@H](C)C[C@@]2(C)CCC(=NOCc3ccc(-c4nc(N)cs4)cn3)CC[C@H]([C@H]1C)[C@](C)(O)[C@@H](CC)OC(=O)[C@@](C)(F)C(=O)[C@H](C)[C@H]2O[C@@H]1O[C@H](C)C[C@H](N(C)C)[C@H]1OC(C)=O. The minimum absolute atomic E-state index is 0.0353. The van der Waals surface area contributed by atoms with Crippen LogP contribution in [-0.2, 0) is 49.6 Å². The monoisotopic (exact) mass is 942 g/mol. The number of alkyl halides is 1. The Bertz CT molecular complexity index is 2090. The smallest absolute Gasteiger partial charge is 0.351 e. The molecule has 13 atom stereocenters. The Morgan fingerprint density at radius 3 is 2.39 bits per heavy atom. The molecule has 2 aliphatic heterocycles. The van der Waals surface area contributed by atoms with Crippen molar-refractivity contribution in [3.63, 3.8) is 0 Å². The number of carbonyl (C=O) groups excluding carboxylic acids is 4. The van der Waals surface area contributed by atoms with E-state index in [1.807, 2.05) is 58.8 Å². The molecule has 2 bridgehead atoms. The number of anilines is 1. The number of cyclic esters (lactones) is 1. The van der Waals surface area contributed by atoms with Crippen LogP contribution in [0.1, 0.15) is 126 Å². The maximum absolute atomic E-state index is 17.2. The first kappa shape index (κ1) is 52.7. The topological polar surface area (TPSA) is 214 Å². The summed E-state index contributed by atoms with van der Waals surface area (Å²) in [5, 5.41) is 19.8. The summed E-state index contributed by atoms with van der Waals surface area (Å²) in [5.74, 6) is -6.09. The molecule has 366 valence electrons. The number of pyridine rings is 1. The highest BCUT2D eigenvalue weighted by Gasteiger charge is 2.56. The Labute approximate surface area is 392 Å². The molecule has 0 unspecified atom stereocenters. The van der Waals surface area contributed by atoms with Crippen molar-refractivity contribution >= 4 is 52.2 Å². The lowest BCUT2D eigenvalue weighted by Gasteiger charge is -2.49. The fraction of sp³-hybridized carbons (Fsp3) is 0.708. The molecule has 5 rings (SSSR count). The zero-order chi connectivity index (χ0) is 48.9. The molecule has 0 aromatic carbocycles. The molecule has 3 N–H and O–H groups in total. The van der Waals surface area contributed by atoms with E-state index < -0.39 is 82.7 Å². The highest BCUT2D eigenvalue weighted by atomic mass is 32.1. The summed E-state index contributed by atoms with van der Waals surface area (Å²) in [6, 6.07) is 3.35. The lowest BCUT2D eigenvalue weighted by molar-refractivity contribution is -0.290. The second-order valence-electron chi connectivity index (χ2n) is 19.4. The molecule has 3 aliphatic rings. The van der Waals surface area contributed by atoms with E-state index in [0.717, 1.165) is 17.5 Å². The molecular formula is C48H71FN6O10S. The molecule has 0 spiro atoms. The van der Waals surface area contributed by atoms with Crippen LogP contribution in [0.2, 0.25) is 0 Å². The van der Waals surface area contributed by atoms with E-state index in [0.29, 0.717) is 48.6 Å². The number of Topliss-reactive ketones (excluding diaryl/α,β-unsaturated/α-hetero) is 1.